The molecular formula is C9H16O. The Hall–Kier alpha value is -0.300. The van der Waals surface area contributed by atoms with Crippen LogP contribution in [0.2, 0.25) is 0 Å². The Morgan fingerprint density at radius 2 is 2.40 bits per heavy atom. The van der Waals surface area contributed by atoms with Gasteiger partial charge in [-0.15, -0.1) is 0 Å². The van der Waals surface area contributed by atoms with Gasteiger partial charge in [0, 0.05) is 5.41 Å². The van der Waals surface area contributed by atoms with Crippen LogP contribution in [0.15, 0.2) is 12.2 Å². The van der Waals surface area contributed by atoms with E-state index in [0.717, 1.165) is 6.42 Å². The van der Waals surface area contributed by atoms with E-state index in [1.165, 1.54) is 12.0 Å². The molecule has 2 unspecified atom stereocenters. The summed E-state index contributed by atoms with van der Waals surface area (Å²) in [5.74, 6) is 0.608. The minimum atomic E-state index is 0.0272. The van der Waals surface area contributed by atoms with Gasteiger partial charge in [0.1, 0.15) is 0 Å². The molecule has 0 radical (unpaired) electrons. The number of aliphatic hydroxyl groups is 1. The quantitative estimate of drug-likeness (QED) is 0.552. The molecule has 2 atom stereocenters. The number of hydrogen-bond acceptors (Lipinski definition) is 1. The van der Waals surface area contributed by atoms with Crippen LogP contribution in [0.25, 0.3) is 0 Å². The van der Waals surface area contributed by atoms with Crippen LogP contribution < -0.4 is 0 Å². The predicted octanol–water partition coefficient (Wildman–Crippen LogP) is 1.97. The van der Waals surface area contributed by atoms with Gasteiger partial charge in [-0.3, -0.25) is 0 Å². The minimum Gasteiger partial charge on any atom is -0.395 e. The molecule has 1 aliphatic carbocycles. The first-order valence-electron chi connectivity index (χ1n) is 3.90. The molecule has 0 heterocycles. The molecule has 0 aliphatic heterocycles. The maximum atomic E-state index is 9.05. The van der Waals surface area contributed by atoms with Crippen molar-refractivity contribution in [1.29, 1.82) is 0 Å². The van der Waals surface area contributed by atoms with Gasteiger partial charge < -0.3 is 5.11 Å². The standard InChI is InChI=1S/C9H16O/c1-7-4-5-9(3,6-10)8(7)2/h7,10H,2,4-6H2,1,3H3. The molecule has 0 aromatic carbocycles. The Kier molecular flexibility index (Phi) is 1.86. The zero-order chi connectivity index (χ0) is 7.78. The van der Waals surface area contributed by atoms with Crippen LogP contribution >= 0.6 is 0 Å². The number of rotatable bonds is 1. The van der Waals surface area contributed by atoms with Crippen molar-refractivity contribution < 1.29 is 5.11 Å². The Morgan fingerprint density at radius 1 is 1.80 bits per heavy atom. The highest BCUT2D eigenvalue weighted by Crippen LogP contribution is 2.44. The van der Waals surface area contributed by atoms with Gasteiger partial charge in [-0.25, -0.2) is 0 Å². The Labute approximate surface area is 62.8 Å². The topological polar surface area (TPSA) is 20.2 Å². The SMILES string of the molecule is C=C1C(C)CCC1(C)CO. The molecule has 0 bridgehead atoms. The summed E-state index contributed by atoms with van der Waals surface area (Å²) >= 11 is 0. The van der Waals surface area contributed by atoms with Gasteiger partial charge >= 0.3 is 0 Å². The summed E-state index contributed by atoms with van der Waals surface area (Å²) in [5.41, 5.74) is 1.26. The van der Waals surface area contributed by atoms with Gasteiger partial charge in [-0.05, 0) is 18.8 Å². The summed E-state index contributed by atoms with van der Waals surface area (Å²) in [4.78, 5) is 0. The molecule has 0 saturated heterocycles. The molecule has 1 aliphatic rings. The summed E-state index contributed by atoms with van der Waals surface area (Å²) in [5, 5.41) is 9.05. The zero-order valence-corrected chi connectivity index (χ0v) is 6.85. The van der Waals surface area contributed by atoms with E-state index in [9.17, 15) is 0 Å². The molecular weight excluding hydrogens is 124 g/mol. The number of hydrogen-bond donors (Lipinski definition) is 1. The summed E-state index contributed by atoms with van der Waals surface area (Å²) < 4.78 is 0. The molecule has 1 heteroatoms. The second kappa shape index (κ2) is 2.39. The minimum absolute atomic E-state index is 0.0272. The molecule has 1 fully saturated rings. The van der Waals surface area contributed by atoms with Crippen LogP contribution in [-0.2, 0) is 0 Å². The highest BCUT2D eigenvalue weighted by molar-refractivity contribution is 5.16. The molecule has 0 amide bonds. The molecule has 0 spiro atoms. The van der Waals surface area contributed by atoms with E-state index in [2.05, 4.69) is 20.4 Å². The smallest absolute Gasteiger partial charge is 0.0522 e. The average molecular weight is 140 g/mol. The summed E-state index contributed by atoms with van der Waals surface area (Å²) in [7, 11) is 0. The van der Waals surface area contributed by atoms with Gasteiger partial charge in [0.15, 0.2) is 0 Å². The Bertz CT molecular complexity index is 151. The third kappa shape index (κ3) is 0.988. The first kappa shape index (κ1) is 7.80. The van der Waals surface area contributed by atoms with Crippen LogP contribution in [-0.4, -0.2) is 11.7 Å². The Morgan fingerprint density at radius 3 is 2.60 bits per heavy atom. The summed E-state index contributed by atoms with van der Waals surface area (Å²) in [6.45, 7) is 8.54. The highest BCUT2D eigenvalue weighted by atomic mass is 16.3. The normalized spacial score (nSPS) is 40.7. The van der Waals surface area contributed by atoms with Crippen molar-refractivity contribution in [1.82, 2.24) is 0 Å². The zero-order valence-electron chi connectivity index (χ0n) is 6.85. The first-order valence-corrected chi connectivity index (χ1v) is 3.90. The van der Waals surface area contributed by atoms with E-state index >= 15 is 0 Å². The molecule has 1 saturated carbocycles. The van der Waals surface area contributed by atoms with Crippen molar-refractivity contribution in [2.75, 3.05) is 6.61 Å². The Balaban J connectivity index is 2.73. The molecule has 0 aromatic rings. The van der Waals surface area contributed by atoms with Crippen molar-refractivity contribution in [2.24, 2.45) is 11.3 Å². The average Bonchev–Trinajstić information content (AvgIpc) is 2.19. The van der Waals surface area contributed by atoms with Crippen molar-refractivity contribution >= 4 is 0 Å². The summed E-state index contributed by atoms with van der Waals surface area (Å²) in [6, 6.07) is 0. The van der Waals surface area contributed by atoms with Crippen molar-refractivity contribution in [3.63, 3.8) is 0 Å². The molecule has 1 N–H and O–H groups in total. The second-order valence-corrected chi connectivity index (χ2v) is 3.68. The fourth-order valence-corrected chi connectivity index (χ4v) is 1.65. The predicted molar refractivity (Wildman–Crippen MR) is 42.7 cm³/mol. The van der Waals surface area contributed by atoms with Gasteiger partial charge in [-0.1, -0.05) is 26.0 Å². The maximum absolute atomic E-state index is 9.05. The molecule has 10 heavy (non-hydrogen) atoms. The van der Waals surface area contributed by atoms with Gasteiger partial charge in [0.05, 0.1) is 6.61 Å². The van der Waals surface area contributed by atoms with E-state index in [-0.39, 0.29) is 12.0 Å². The maximum Gasteiger partial charge on any atom is 0.0522 e. The lowest BCUT2D eigenvalue weighted by Gasteiger charge is -2.22. The molecule has 0 aromatic heterocycles. The second-order valence-electron chi connectivity index (χ2n) is 3.68. The van der Waals surface area contributed by atoms with Crippen LogP contribution in [0, 0.1) is 11.3 Å². The van der Waals surface area contributed by atoms with Crippen LogP contribution in [0.1, 0.15) is 26.7 Å². The van der Waals surface area contributed by atoms with E-state index in [0.29, 0.717) is 5.92 Å². The van der Waals surface area contributed by atoms with Crippen molar-refractivity contribution in [3.05, 3.63) is 12.2 Å². The largest absolute Gasteiger partial charge is 0.395 e. The van der Waals surface area contributed by atoms with E-state index in [1.54, 1.807) is 0 Å². The molecule has 1 nitrogen and oxygen atoms in total. The molecule has 58 valence electrons. The van der Waals surface area contributed by atoms with E-state index in [4.69, 9.17) is 5.11 Å². The lowest BCUT2D eigenvalue weighted by atomic mass is 9.85. The van der Waals surface area contributed by atoms with Gasteiger partial charge in [0.25, 0.3) is 0 Å². The highest BCUT2D eigenvalue weighted by Gasteiger charge is 2.35. The van der Waals surface area contributed by atoms with Crippen molar-refractivity contribution in [2.45, 2.75) is 26.7 Å². The van der Waals surface area contributed by atoms with Crippen LogP contribution in [0.3, 0.4) is 0 Å². The fourth-order valence-electron chi connectivity index (χ4n) is 1.65. The lowest BCUT2D eigenvalue weighted by Crippen LogP contribution is -2.19. The monoisotopic (exact) mass is 140 g/mol. The van der Waals surface area contributed by atoms with Crippen LogP contribution in [0.5, 0.6) is 0 Å². The first-order chi connectivity index (χ1) is 4.60. The number of aliphatic hydroxyl groups excluding tert-OH is 1. The van der Waals surface area contributed by atoms with E-state index < -0.39 is 0 Å². The van der Waals surface area contributed by atoms with E-state index in [1.807, 2.05) is 0 Å². The van der Waals surface area contributed by atoms with Gasteiger partial charge in [-0.2, -0.15) is 0 Å². The summed E-state index contributed by atoms with van der Waals surface area (Å²) in [6.07, 6.45) is 2.29. The lowest BCUT2D eigenvalue weighted by molar-refractivity contribution is 0.179. The third-order valence-electron chi connectivity index (χ3n) is 2.85. The van der Waals surface area contributed by atoms with Crippen LogP contribution in [0.4, 0.5) is 0 Å². The van der Waals surface area contributed by atoms with Crippen molar-refractivity contribution in [3.8, 4) is 0 Å². The molecule has 1 rings (SSSR count). The third-order valence-corrected chi connectivity index (χ3v) is 2.85. The van der Waals surface area contributed by atoms with Gasteiger partial charge in [0.2, 0.25) is 0 Å². The fraction of sp³-hybridized carbons (Fsp3) is 0.778.